The minimum Gasteiger partial charge on any atom is -0.323 e. The molecule has 0 amide bonds. The van der Waals surface area contributed by atoms with Gasteiger partial charge in [-0.15, -0.1) is 11.3 Å². The van der Waals surface area contributed by atoms with E-state index in [0.717, 1.165) is 16.8 Å². The lowest BCUT2D eigenvalue weighted by Crippen LogP contribution is -2.22. The van der Waals surface area contributed by atoms with Gasteiger partial charge in [-0.05, 0) is 41.2 Å². The molecule has 0 saturated carbocycles. The highest BCUT2D eigenvalue weighted by molar-refractivity contribution is 7.71. The number of thiophene rings is 1. The number of rotatable bonds is 3. The second-order valence-electron chi connectivity index (χ2n) is 4.65. The Morgan fingerprint density at radius 3 is 2.60 bits per heavy atom. The van der Waals surface area contributed by atoms with Crippen molar-refractivity contribution in [3.05, 3.63) is 62.0 Å². The number of aryl methyl sites for hydroxylation is 1. The molecule has 0 atom stereocenters. The first-order valence-electron chi connectivity index (χ1n) is 6.47. The number of nitrogens with zero attached hydrogens (tertiary/aromatic N) is 1. The molecular formula is C15H14N2OS2. The zero-order valence-electron chi connectivity index (χ0n) is 11.1. The first-order chi connectivity index (χ1) is 9.69. The van der Waals surface area contributed by atoms with E-state index in [1.807, 2.05) is 11.4 Å². The molecule has 5 heteroatoms. The monoisotopic (exact) mass is 302 g/mol. The van der Waals surface area contributed by atoms with E-state index >= 15 is 0 Å². The van der Waals surface area contributed by atoms with Crippen molar-refractivity contribution in [2.24, 2.45) is 0 Å². The Morgan fingerprint density at radius 2 is 1.90 bits per heavy atom. The molecule has 3 nitrogen and oxygen atoms in total. The summed E-state index contributed by atoms with van der Waals surface area (Å²) in [6, 6.07) is 10.1. The van der Waals surface area contributed by atoms with Crippen molar-refractivity contribution in [2.75, 3.05) is 0 Å². The third-order valence-corrected chi connectivity index (χ3v) is 4.53. The maximum Gasteiger partial charge on any atom is 0.263 e. The Morgan fingerprint density at radius 1 is 1.20 bits per heavy atom. The Hall–Kier alpha value is -1.72. The number of H-pyrrole nitrogens is 1. The van der Waals surface area contributed by atoms with Crippen LogP contribution in [0.4, 0.5) is 0 Å². The standard InChI is InChI=1S/C15H14N2OS2/c1-2-10-3-5-11(6-4-10)9-17-14(18)12-7-8-20-13(12)16-15(17)19/h3-8H,2,9H2,1H3,(H,16,19). The third-order valence-electron chi connectivity index (χ3n) is 3.38. The number of aromatic amines is 1. The van der Waals surface area contributed by atoms with Crippen LogP contribution in [-0.2, 0) is 13.0 Å². The van der Waals surface area contributed by atoms with Gasteiger partial charge in [0.2, 0.25) is 0 Å². The van der Waals surface area contributed by atoms with E-state index in [4.69, 9.17) is 12.2 Å². The van der Waals surface area contributed by atoms with Crippen LogP contribution >= 0.6 is 23.6 Å². The van der Waals surface area contributed by atoms with E-state index in [-0.39, 0.29) is 5.56 Å². The second-order valence-corrected chi connectivity index (χ2v) is 5.96. The predicted molar refractivity (Wildman–Crippen MR) is 86.2 cm³/mol. The lowest BCUT2D eigenvalue weighted by atomic mass is 10.1. The molecule has 102 valence electrons. The fourth-order valence-electron chi connectivity index (χ4n) is 2.18. The molecule has 2 aromatic heterocycles. The zero-order chi connectivity index (χ0) is 14.1. The summed E-state index contributed by atoms with van der Waals surface area (Å²) in [5, 5.41) is 2.60. The van der Waals surface area contributed by atoms with Crippen LogP contribution in [0.5, 0.6) is 0 Å². The average molecular weight is 302 g/mol. The molecule has 0 aliphatic heterocycles. The van der Waals surface area contributed by atoms with E-state index in [1.165, 1.54) is 16.9 Å². The van der Waals surface area contributed by atoms with Crippen molar-refractivity contribution in [3.8, 4) is 0 Å². The van der Waals surface area contributed by atoms with Gasteiger partial charge in [-0.3, -0.25) is 9.36 Å². The maximum atomic E-state index is 12.4. The van der Waals surface area contributed by atoms with E-state index in [9.17, 15) is 4.79 Å². The van der Waals surface area contributed by atoms with Crippen LogP contribution in [0.1, 0.15) is 18.1 Å². The summed E-state index contributed by atoms with van der Waals surface area (Å²) in [5.74, 6) is 0. The van der Waals surface area contributed by atoms with Crippen LogP contribution in [0, 0.1) is 4.77 Å². The normalized spacial score (nSPS) is 11.1. The van der Waals surface area contributed by atoms with Gasteiger partial charge in [0.1, 0.15) is 4.83 Å². The molecule has 3 rings (SSSR count). The maximum absolute atomic E-state index is 12.4. The molecule has 0 aliphatic carbocycles. The quantitative estimate of drug-likeness (QED) is 0.749. The summed E-state index contributed by atoms with van der Waals surface area (Å²) in [4.78, 5) is 16.4. The van der Waals surface area contributed by atoms with Gasteiger partial charge in [0, 0.05) is 0 Å². The highest BCUT2D eigenvalue weighted by Crippen LogP contribution is 2.14. The molecular weight excluding hydrogens is 288 g/mol. The summed E-state index contributed by atoms with van der Waals surface area (Å²) in [5.41, 5.74) is 2.35. The number of nitrogens with one attached hydrogen (secondary N) is 1. The molecule has 0 aliphatic rings. The molecule has 0 fully saturated rings. The molecule has 0 spiro atoms. The molecule has 0 radical (unpaired) electrons. The van der Waals surface area contributed by atoms with Crippen LogP contribution in [0.3, 0.4) is 0 Å². The molecule has 0 bridgehead atoms. The van der Waals surface area contributed by atoms with Crippen LogP contribution in [0.15, 0.2) is 40.5 Å². The summed E-state index contributed by atoms with van der Waals surface area (Å²) in [7, 11) is 0. The van der Waals surface area contributed by atoms with Crippen molar-refractivity contribution in [3.63, 3.8) is 0 Å². The third kappa shape index (κ3) is 2.34. The molecule has 0 saturated heterocycles. The van der Waals surface area contributed by atoms with Gasteiger partial charge in [0.15, 0.2) is 4.77 Å². The Kier molecular flexibility index (Phi) is 3.54. The molecule has 1 N–H and O–H groups in total. The average Bonchev–Trinajstić information content (AvgIpc) is 2.92. The van der Waals surface area contributed by atoms with Crippen LogP contribution in [0.2, 0.25) is 0 Å². The second kappa shape index (κ2) is 5.34. The number of benzene rings is 1. The molecule has 1 aromatic carbocycles. The minimum atomic E-state index is -0.0235. The first-order valence-corrected chi connectivity index (χ1v) is 7.76. The molecule has 2 heterocycles. The fourth-order valence-corrected chi connectivity index (χ4v) is 3.28. The number of hydrogen-bond donors (Lipinski definition) is 1. The highest BCUT2D eigenvalue weighted by Gasteiger charge is 2.07. The Balaban J connectivity index is 2.05. The van der Waals surface area contributed by atoms with Crippen LogP contribution in [0.25, 0.3) is 10.2 Å². The van der Waals surface area contributed by atoms with Gasteiger partial charge >= 0.3 is 0 Å². The van der Waals surface area contributed by atoms with Crippen molar-refractivity contribution < 1.29 is 0 Å². The van der Waals surface area contributed by atoms with E-state index < -0.39 is 0 Å². The summed E-state index contributed by atoms with van der Waals surface area (Å²) < 4.78 is 2.09. The van der Waals surface area contributed by atoms with Gasteiger partial charge in [0.25, 0.3) is 5.56 Å². The minimum absolute atomic E-state index is 0.0235. The number of fused-ring (bicyclic) bond motifs is 1. The topological polar surface area (TPSA) is 37.8 Å². The zero-order valence-corrected chi connectivity index (χ0v) is 12.7. The Labute approximate surface area is 125 Å². The lowest BCUT2D eigenvalue weighted by Gasteiger charge is -2.07. The van der Waals surface area contributed by atoms with Gasteiger partial charge in [-0.2, -0.15) is 0 Å². The number of aromatic nitrogens is 2. The van der Waals surface area contributed by atoms with Crippen molar-refractivity contribution in [1.29, 1.82) is 0 Å². The predicted octanol–water partition coefficient (Wildman–Crippen LogP) is 3.73. The van der Waals surface area contributed by atoms with Crippen LogP contribution < -0.4 is 5.56 Å². The Bertz CT molecular complexity index is 856. The smallest absolute Gasteiger partial charge is 0.263 e. The van der Waals surface area contributed by atoms with E-state index in [1.54, 1.807) is 4.57 Å². The molecule has 3 aromatic rings. The largest absolute Gasteiger partial charge is 0.323 e. The lowest BCUT2D eigenvalue weighted by molar-refractivity contribution is 0.735. The fraction of sp³-hybridized carbons (Fsp3) is 0.200. The van der Waals surface area contributed by atoms with Crippen molar-refractivity contribution in [2.45, 2.75) is 19.9 Å². The summed E-state index contributed by atoms with van der Waals surface area (Å²) in [6.07, 6.45) is 1.02. The number of hydrogen-bond acceptors (Lipinski definition) is 3. The van der Waals surface area contributed by atoms with E-state index in [0.29, 0.717) is 16.7 Å². The summed E-state index contributed by atoms with van der Waals surface area (Å²) in [6.45, 7) is 2.63. The van der Waals surface area contributed by atoms with E-state index in [2.05, 4.69) is 36.2 Å². The van der Waals surface area contributed by atoms with Gasteiger partial charge in [-0.25, -0.2) is 0 Å². The SMILES string of the molecule is CCc1ccc(Cn2c(=S)[nH]c3sccc3c2=O)cc1. The van der Waals surface area contributed by atoms with Gasteiger partial charge in [-0.1, -0.05) is 31.2 Å². The van der Waals surface area contributed by atoms with Crippen molar-refractivity contribution >= 4 is 33.8 Å². The summed E-state index contributed by atoms with van der Waals surface area (Å²) >= 11 is 6.79. The van der Waals surface area contributed by atoms with Crippen LogP contribution in [-0.4, -0.2) is 9.55 Å². The van der Waals surface area contributed by atoms with Crippen molar-refractivity contribution in [1.82, 2.24) is 9.55 Å². The van der Waals surface area contributed by atoms with Gasteiger partial charge in [0.05, 0.1) is 11.9 Å². The molecule has 0 unspecified atom stereocenters. The first kappa shape index (κ1) is 13.3. The molecule has 20 heavy (non-hydrogen) atoms. The highest BCUT2D eigenvalue weighted by atomic mass is 32.1. The van der Waals surface area contributed by atoms with Gasteiger partial charge < -0.3 is 4.98 Å².